The molecule has 1 fully saturated rings. The molecule has 0 bridgehead atoms. The highest BCUT2D eigenvalue weighted by Crippen LogP contribution is 2.32. The number of carbonyl (C=O) groups excluding carboxylic acids is 2. The Kier molecular flexibility index (Phi) is 5.69. The fourth-order valence-corrected chi connectivity index (χ4v) is 2.50. The van der Waals surface area contributed by atoms with Crippen molar-refractivity contribution in [2.75, 3.05) is 0 Å². The Hall–Kier alpha value is -1.24. The van der Waals surface area contributed by atoms with Crippen LogP contribution in [0.4, 0.5) is 0 Å². The van der Waals surface area contributed by atoms with Crippen LogP contribution >= 0.6 is 0 Å². The molecule has 0 aromatic heterocycles. The lowest BCUT2D eigenvalue weighted by atomic mass is 9.78. The van der Waals surface area contributed by atoms with E-state index in [0.29, 0.717) is 0 Å². The van der Waals surface area contributed by atoms with Gasteiger partial charge in [0.15, 0.2) is 0 Å². The molecule has 0 aromatic rings. The van der Waals surface area contributed by atoms with Crippen molar-refractivity contribution in [1.82, 2.24) is 0 Å². The second-order valence-corrected chi connectivity index (χ2v) is 4.31. The number of isocyanates is 2. The van der Waals surface area contributed by atoms with E-state index < -0.39 is 0 Å². The molecule has 0 aromatic carbocycles. The first-order valence-electron chi connectivity index (χ1n) is 5.97. The van der Waals surface area contributed by atoms with Gasteiger partial charge in [-0.3, -0.25) is 0 Å². The lowest BCUT2D eigenvalue weighted by Crippen LogP contribution is -2.34. The first-order valence-corrected chi connectivity index (χ1v) is 5.97. The summed E-state index contributed by atoms with van der Waals surface area (Å²) in [7, 11) is 0. The minimum absolute atomic E-state index is 0.0000926. The summed E-state index contributed by atoms with van der Waals surface area (Å²) in [6.07, 6.45) is 9.23. The third kappa shape index (κ3) is 3.41. The Bertz CT molecular complexity index is 278. The van der Waals surface area contributed by atoms with Gasteiger partial charge in [0.1, 0.15) is 0 Å². The smallest absolute Gasteiger partial charge is 0.211 e. The standard InChI is InChI=1S/C12H18N2O2/c1-2-3-5-10-11(13-8-15)6-4-7-12(10)14-9-16/h10-12H,2-7H2,1H3. The lowest BCUT2D eigenvalue weighted by molar-refractivity contribution is 0.250. The van der Waals surface area contributed by atoms with Crippen LogP contribution in [0.2, 0.25) is 0 Å². The van der Waals surface area contributed by atoms with Gasteiger partial charge in [-0.1, -0.05) is 19.8 Å². The summed E-state index contributed by atoms with van der Waals surface area (Å²) in [6.45, 7) is 2.12. The van der Waals surface area contributed by atoms with Crippen molar-refractivity contribution in [1.29, 1.82) is 0 Å². The molecule has 2 unspecified atom stereocenters. The predicted molar refractivity (Wildman–Crippen MR) is 60.7 cm³/mol. The molecule has 0 aliphatic heterocycles. The summed E-state index contributed by atoms with van der Waals surface area (Å²) in [5, 5.41) is 0. The average molecular weight is 222 g/mol. The van der Waals surface area contributed by atoms with Gasteiger partial charge in [0, 0.05) is 5.92 Å². The van der Waals surface area contributed by atoms with Crippen LogP contribution in [0.15, 0.2) is 9.98 Å². The second-order valence-electron chi connectivity index (χ2n) is 4.31. The van der Waals surface area contributed by atoms with Gasteiger partial charge in [-0.25, -0.2) is 19.6 Å². The lowest BCUT2D eigenvalue weighted by Gasteiger charge is -2.32. The highest BCUT2D eigenvalue weighted by molar-refractivity contribution is 5.35. The van der Waals surface area contributed by atoms with E-state index in [1.165, 1.54) is 0 Å². The molecule has 0 N–H and O–H groups in total. The summed E-state index contributed by atoms with van der Waals surface area (Å²) in [5.41, 5.74) is 0. The fraction of sp³-hybridized carbons (Fsp3) is 0.833. The van der Waals surface area contributed by atoms with Crippen LogP contribution in [-0.4, -0.2) is 24.2 Å². The number of rotatable bonds is 5. The number of unbranched alkanes of at least 4 members (excludes halogenated alkanes) is 1. The molecule has 4 heteroatoms. The Morgan fingerprint density at radius 3 is 2.12 bits per heavy atom. The van der Waals surface area contributed by atoms with Gasteiger partial charge in [-0.15, -0.1) is 0 Å². The van der Waals surface area contributed by atoms with Crippen molar-refractivity contribution in [3.63, 3.8) is 0 Å². The van der Waals surface area contributed by atoms with E-state index in [-0.39, 0.29) is 18.0 Å². The van der Waals surface area contributed by atoms with Crippen LogP contribution in [0.3, 0.4) is 0 Å². The minimum Gasteiger partial charge on any atom is -0.211 e. The van der Waals surface area contributed by atoms with E-state index in [9.17, 15) is 9.59 Å². The molecule has 1 rings (SSSR count). The molecule has 2 atom stereocenters. The summed E-state index contributed by atoms with van der Waals surface area (Å²) >= 11 is 0. The molecule has 0 amide bonds. The van der Waals surface area contributed by atoms with Crippen molar-refractivity contribution in [3.8, 4) is 0 Å². The monoisotopic (exact) mass is 222 g/mol. The Labute approximate surface area is 95.9 Å². The average Bonchev–Trinajstić information content (AvgIpc) is 2.29. The van der Waals surface area contributed by atoms with Gasteiger partial charge < -0.3 is 0 Å². The number of hydrogen-bond acceptors (Lipinski definition) is 4. The maximum atomic E-state index is 10.4. The summed E-state index contributed by atoms with van der Waals surface area (Å²) in [4.78, 5) is 28.4. The van der Waals surface area contributed by atoms with Crippen LogP contribution < -0.4 is 0 Å². The van der Waals surface area contributed by atoms with Crippen LogP contribution in [0.25, 0.3) is 0 Å². The zero-order valence-electron chi connectivity index (χ0n) is 9.69. The van der Waals surface area contributed by atoms with Crippen LogP contribution in [0.5, 0.6) is 0 Å². The Balaban J connectivity index is 2.74. The Morgan fingerprint density at radius 1 is 1.12 bits per heavy atom. The maximum absolute atomic E-state index is 10.4. The fourth-order valence-electron chi connectivity index (χ4n) is 2.50. The molecule has 16 heavy (non-hydrogen) atoms. The molecular weight excluding hydrogens is 204 g/mol. The zero-order valence-corrected chi connectivity index (χ0v) is 9.69. The molecular formula is C12H18N2O2. The van der Waals surface area contributed by atoms with Crippen molar-refractivity contribution < 1.29 is 9.59 Å². The topological polar surface area (TPSA) is 58.9 Å². The van der Waals surface area contributed by atoms with Crippen molar-refractivity contribution in [2.45, 2.75) is 57.5 Å². The first-order chi connectivity index (χ1) is 7.83. The van der Waals surface area contributed by atoms with Crippen molar-refractivity contribution in [2.24, 2.45) is 15.9 Å². The van der Waals surface area contributed by atoms with E-state index >= 15 is 0 Å². The minimum atomic E-state index is -0.0000926. The molecule has 1 aliphatic carbocycles. The van der Waals surface area contributed by atoms with Crippen molar-refractivity contribution in [3.05, 3.63) is 0 Å². The van der Waals surface area contributed by atoms with E-state index in [1.807, 2.05) is 0 Å². The van der Waals surface area contributed by atoms with Gasteiger partial charge in [0.2, 0.25) is 12.2 Å². The maximum Gasteiger partial charge on any atom is 0.235 e. The van der Waals surface area contributed by atoms with Gasteiger partial charge >= 0.3 is 0 Å². The summed E-state index contributed by atoms with van der Waals surface area (Å²) in [6, 6.07) is -0.000185. The predicted octanol–water partition coefficient (Wildman–Crippen LogP) is 2.39. The molecule has 1 saturated carbocycles. The SMILES string of the molecule is CCCCC1C(N=C=O)CCCC1N=C=O. The van der Waals surface area contributed by atoms with E-state index in [0.717, 1.165) is 38.5 Å². The highest BCUT2D eigenvalue weighted by atomic mass is 16.1. The second kappa shape index (κ2) is 7.10. The molecule has 88 valence electrons. The van der Waals surface area contributed by atoms with Gasteiger partial charge in [-0.05, 0) is 25.7 Å². The number of aliphatic imine (C=N–C) groups is 2. The molecule has 0 spiro atoms. The van der Waals surface area contributed by atoms with Crippen LogP contribution in [0.1, 0.15) is 45.4 Å². The molecule has 0 saturated heterocycles. The largest absolute Gasteiger partial charge is 0.235 e. The van der Waals surface area contributed by atoms with Crippen molar-refractivity contribution >= 4 is 12.2 Å². The molecule has 0 heterocycles. The quantitative estimate of drug-likeness (QED) is 0.529. The number of nitrogens with zero attached hydrogens (tertiary/aromatic N) is 2. The zero-order chi connectivity index (χ0) is 11.8. The molecule has 0 radical (unpaired) electrons. The van der Waals surface area contributed by atoms with E-state index in [1.54, 1.807) is 12.2 Å². The molecule has 1 aliphatic rings. The Morgan fingerprint density at radius 2 is 1.69 bits per heavy atom. The van der Waals surface area contributed by atoms with Crippen LogP contribution in [0, 0.1) is 5.92 Å². The van der Waals surface area contributed by atoms with E-state index in [2.05, 4.69) is 16.9 Å². The van der Waals surface area contributed by atoms with Gasteiger partial charge in [0.25, 0.3) is 0 Å². The van der Waals surface area contributed by atoms with Gasteiger partial charge in [-0.2, -0.15) is 0 Å². The molecule has 4 nitrogen and oxygen atoms in total. The normalized spacial score (nSPS) is 28.9. The third-order valence-electron chi connectivity index (χ3n) is 3.32. The van der Waals surface area contributed by atoms with Crippen LogP contribution in [-0.2, 0) is 9.59 Å². The third-order valence-corrected chi connectivity index (χ3v) is 3.32. The summed E-state index contributed by atoms with van der Waals surface area (Å²) < 4.78 is 0. The van der Waals surface area contributed by atoms with Gasteiger partial charge in [0.05, 0.1) is 12.1 Å². The highest BCUT2D eigenvalue weighted by Gasteiger charge is 2.32. The summed E-state index contributed by atoms with van der Waals surface area (Å²) in [5.74, 6) is 0.219. The first kappa shape index (κ1) is 12.8. The number of hydrogen-bond donors (Lipinski definition) is 0. The van der Waals surface area contributed by atoms with E-state index in [4.69, 9.17) is 0 Å².